The fourth-order valence-electron chi connectivity index (χ4n) is 5.58. The fourth-order valence-corrected chi connectivity index (χ4v) is 7.81. The van der Waals surface area contributed by atoms with Gasteiger partial charge in [-0.25, -0.2) is 18.2 Å². The largest absolute Gasteiger partial charge is 0.508 e. The first-order chi connectivity index (χ1) is 22.2. The van der Waals surface area contributed by atoms with Gasteiger partial charge in [-0.2, -0.15) is 4.31 Å². The Balaban J connectivity index is 1.59. The van der Waals surface area contributed by atoms with Crippen molar-refractivity contribution in [1.29, 1.82) is 0 Å². The monoisotopic (exact) mass is 685 g/mol. The number of carbonyl (C=O) groups excluding carboxylic acids is 3. The second kappa shape index (κ2) is 15.4. The molecule has 47 heavy (non-hydrogen) atoms. The Hall–Kier alpha value is -3.85. The molecule has 1 aliphatic heterocycles. The molecule has 2 aromatic carbocycles. The van der Waals surface area contributed by atoms with Crippen molar-refractivity contribution in [3.63, 3.8) is 0 Å². The molecule has 2 heterocycles. The molecule has 1 aliphatic rings. The summed E-state index contributed by atoms with van der Waals surface area (Å²) in [6.07, 6.45) is -1.17. The number of hydrogen-bond donors (Lipinski definition) is 3. The molecule has 1 fully saturated rings. The number of aliphatic hydroxyl groups excluding tert-OH is 1. The lowest BCUT2D eigenvalue weighted by Gasteiger charge is -2.34. The Kier molecular flexibility index (Phi) is 11.8. The van der Waals surface area contributed by atoms with E-state index in [0.29, 0.717) is 5.69 Å². The molecule has 1 aromatic heterocycles. The van der Waals surface area contributed by atoms with E-state index in [9.17, 15) is 33.0 Å². The number of amides is 4. The van der Waals surface area contributed by atoms with E-state index in [1.54, 1.807) is 19.2 Å². The molecule has 3 N–H and O–H groups in total. The molecule has 0 bridgehead atoms. The average Bonchev–Trinajstić information content (AvgIpc) is 3.54. The van der Waals surface area contributed by atoms with Crippen LogP contribution in [0.2, 0.25) is 0 Å². The molecule has 4 rings (SSSR count). The summed E-state index contributed by atoms with van der Waals surface area (Å²) >= 11 is 1.41. The number of carbonyl (C=O) groups is 3. The number of urea groups is 1. The van der Waals surface area contributed by atoms with Crippen molar-refractivity contribution < 1.29 is 33.0 Å². The molecule has 3 atom stereocenters. The molecular weight excluding hydrogens is 643 g/mol. The second-order valence-electron chi connectivity index (χ2n) is 12.5. The summed E-state index contributed by atoms with van der Waals surface area (Å²) in [6.45, 7) is 8.58. The third-order valence-corrected chi connectivity index (χ3v) is 10.5. The van der Waals surface area contributed by atoms with Crippen molar-refractivity contribution >= 4 is 39.2 Å². The number of thiazole rings is 1. The van der Waals surface area contributed by atoms with Gasteiger partial charge < -0.3 is 20.4 Å². The van der Waals surface area contributed by atoms with Crippen LogP contribution >= 0.6 is 11.3 Å². The summed E-state index contributed by atoms with van der Waals surface area (Å²) in [7, 11) is -4.08. The van der Waals surface area contributed by atoms with E-state index in [0.717, 1.165) is 15.5 Å². The van der Waals surface area contributed by atoms with E-state index >= 15 is 0 Å². The summed E-state index contributed by atoms with van der Waals surface area (Å²) < 4.78 is 28.5. The van der Waals surface area contributed by atoms with Crippen LogP contribution in [0.5, 0.6) is 5.75 Å². The number of rotatable bonds is 15. The molecule has 0 radical (unpaired) electrons. The molecule has 3 aromatic rings. The van der Waals surface area contributed by atoms with Gasteiger partial charge in [-0.3, -0.25) is 14.5 Å². The van der Waals surface area contributed by atoms with Gasteiger partial charge in [-0.1, -0.05) is 58.0 Å². The minimum absolute atomic E-state index is 0.00147. The number of phenols is 1. The van der Waals surface area contributed by atoms with Crippen LogP contribution < -0.4 is 5.32 Å². The maximum atomic E-state index is 14.0. The van der Waals surface area contributed by atoms with Gasteiger partial charge in [0.25, 0.3) is 5.91 Å². The number of nitrogens with zero attached hydrogens (tertiary/aromatic N) is 4. The third-order valence-electron chi connectivity index (χ3n) is 7.83. The molecule has 254 valence electrons. The first kappa shape index (κ1) is 36.0. The minimum atomic E-state index is -4.08. The number of aromatic nitrogens is 1. The molecule has 14 heteroatoms. The van der Waals surface area contributed by atoms with Crippen LogP contribution in [-0.4, -0.2) is 93.4 Å². The second-order valence-corrected chi connectivity index (χ2v) is 15.5. The van der Waals surface area contributed by atoms with Gasteiger partial charge in [-0.05, 0) is 55.0 Å². The number of nitrogens with one attached hydrogen (secondary N) is 1. The Morgan fingerprint density at radius 2 is 1.70 bits per heavy atom. The summed E-state index contributed by atoms with van der Waals surface area (Å²) in [5.74, 6) is -1.57. The number of sulfonamides is 1. The van der Waals surface area contributed by atoms with Gasteiger partial charge >= 0.3 is 6.03 Å². The zero-order chi connectivity index (χ0) is 34.5. The molecule has 0 unspecified atom stereocenters. The van der Waals surface area contributed by atoms with E-state index < -0.39 is 52.0 Å². The van der Waals surface area contributed by atoms with Crippen LogP contribution in [0.25, 0.3) is 0 Å². The van der Waals surface area contributed by atoms with Crippen molar-refractivity contribution in [1.82, 2.24) is 24.4 Å². The highest BCUT2D eigenvalue weighted by Gasteiger charge is 2.44. The minimum Gasteiger partial charge on any atom is -0.508 e. The average molecular weight is 686 g/mol. The first-order valence-corrected chi connectivity index (χ1v) is 17.8. The van der Waals surface area contributed by atoms with E-state index in [4.69, 9.17) is 0 Å². The zero-order valence-electron chi connectivity index (χ0n) is 27.2. The lowest BCUT2D eigenvalue weighted by atomic mass is 9.97. The van der Waals surface area contributed by atoms with E-state index in [1.807, 2.05) is 51.1 Å². The number of imide groups is 1. The van der Waals surface area contributed by atoms with E-state index in [-0.39, 0.29) is 49.2 Å². The topological polar surface area (TPSA) is 160 Å². The summed E-state index contributed by atoms with van der Waals surface area (Å²) in [5.41, 5.74) is 1.38. The number of benzene rings is 2. The van der Waals surface area contributed by atoms with Crippen molar-refractivity contribution in [3.8, 4) is 5.75 Å². The predicted octanol–water partition coefficient (Wildman–Crippen LogP) is 3.38. The molecule has 1 saturated heterocycles. The maximum absolute atomic E-state index is 14.0. The van der Waals surface area contributed by atoms with E-state index in [2.05, 4.69) is 10.3 Å². The van der Waals surface area contributed by atoms with Gasteiger partial charge in [0.2, 0.25) is 15.9 Å². The number of aliphatic hydroxyl groups is 1. The molecular formula is C33H43N5O7S2. The van der Waals surface area contributed by atoms with Gasteiger partial charge in [0.05, 0.1) is 34.3 Å². The summed E-state index contributed by atoms with van der Waals surface area (Å²) in [4.78, 5) is 47.1. The molecule has 0 spiro atoms. The Labute approximate surface area is 280 Å². The Morgan fingerprint density at radius 3 is 2.28 bits per heavy atom. The smallest absolute Gasteiger partial charge is 0.328 e. The van der Waals surface area contributed by atoms with Crippen molar-refractivity contribution in [2.75, 3.05) is 19.6 Å². The number of phenolic OH excluding ortho intramolecular Hbond substituents is 1. The molecule has 4 amide bonds. The molecule has 0 aliphatic carbocycles. The van der Waals surface area contributed by atoms with Crippen LogP contribution in [0.1, 0.15) is 44.0 Å². The van der Waals surface area contributed by atoms with Crippen molar-refractivity contribution in [2.45, 2.75) is 70.7 Å². The highest BCUT2D eigenvalue weighted by atomic mass is 32.2. The van der Waals surface area contributed by atoms with E-state index in [1.165, 1.54) is 44.8 Å². The van der Waals surface area contributed by atoms with Crippen LogP contribution in [0.4, 0.5) is 4.79 Å². The van der Waals surface area contributed by atoms with Crippen molar-refractivity contribution in [3.05, 3.63) is 76.2 Å². The molecule has 0 saturated carbocycles. The first-order valence-electron chi connectivity index (χ1n) is 15.5. The van der Waals surface area contributed by atoms with Gasteiger partial charge in [0.15, 0.2) is 0 Å². The SMILES string of the molecule is Cc1nc(CN2C(=O)CN([C@H](C(=O)N[C@@H](Cc3ccccc3)[C@H](O)CN(CC(C)C)S(=O)(=O)c3ccc(O)cc3)C(C)C)C2=O)cs1. The zero-order valence-corrected chi connectivity index (χ0v) is 28.9. The van der Waals surface area contributed by atoms with Crippen LogP contribution in [0.3, 0.4) is 0 Å². The van der Waals surface area contributed by atoms with Gasteiger partial charge in [0.1, 0.15) is 18.3 Å². The van der Waals surface area contributed by atoms with Crippen LogP contribution in [-0.2, 0) is 32.6 Å². The fraction of sp³-hybridized carbons (Fsp3) is 0.455. The standard InChI is InChI=1S/C33H43N5O7S2/c1-21(2)16-36(47(44,45)27-13-11-26(39)12-14-27)18-29(40)28(15-24-9-7-6-8-10-24)35-32(42)31(22(3)4)38-19-30(41)37(33(38)43)17-25-20-46-23(5)34-25/h6-14,20-22,28-29,31,39-40H,15-19H2,1-5H3,(H,35,42)/t28-,29+,31-/m0/s1. The van der Waals surface area contributed by atoms with Gasteiger partial charge in [0, 0.05) is 18.5 Å². The summed E-state index contributed by atoms with van der Waals surface area (Å²) in [6, 6.07) is 11.7. The summed E-state index contributed by atoms with van der Waals surface area (Å²) in [5, 5.41) is 26.8. The number of hydrogen-bond acceptors (Lipinski definition) is 9. The predicted molar refractivity (Wildman–Crippen MR) is 178 cm³/mol. The lowest BCUT2D eigenvalue weighted by Crippen LogP contribution is -2.57. The Morgan fingerprint density at radius 1 is 1.04 bits per heavy atom. The highest BCUT2D eigenvalue weighted by molar-refractivity contribution is 7.89. The Bertz CT molecular complexity index is 1640. The quantitative estimate of drug-likeness (QED) is 0.205. The van der Waals surface area contributed by atoms with Crippen LogP contribution in [0.15, 0.2) is 64.9 Å². The number of aromatic hydroxyl groups is 1. The van der Waals surface area contributed by atoms with Gasteiger partial charge in [-0.15, -0.1) is 11.3 Å². The highest BCUT2D eigenvalue weighted by Crippen LogP contribution is 2.24. The van der Waals surface area contributed by atoms with Crippen molar-refractivity contribution in [2.24, 2.45) is 11.8 Å². The number of aryl methyl sites for hydroxylation is 1. The normalized spacial score (nSPS) is 15.9. The van der Waals surface area contributed by atoms with Crippen LogP contribution in [0, 0.1) is 18.8 Å². The maximum Gasteiger partial charge on any atom is 0.328 e. The lowest BCUT2D eigenvalue weighted by molar-refractivity contribution is -0.129. The molecule has 12 nitrogen and oxygen atoms in total. The third kappa shape index (κ3) is 8.95.